The summed E-state index contributed by atoms with van der Waals surface area (Å²) in [7, 11) is 1.56. The van der Waals surface area contributed by atoms with Crippen molar-refractivity contribution >= 4 is 35.2 Å². The molecule has 0 saturated carbocycles. The van der Waals surface area contributed by atoms with Crippen LogP contribution in [0.2, 0.25) is 0 Å². The fraction of sp³-hybridized carbons (Fsp3) is 0.333. The fourth-order valence-electron chi connectivity index (χ4n) is 3.57. The zero-order chi connectivity index (χ0) is 23.8. The van der Waals surface area contributed by atoms with E-state index in [1.54, 1.807) is 68.6 Å². The fourth-order valence-corrected chi connectivity index (χ4v) is 3.57. The Bertz CT molecular complexity index is 993. The summed E-state index contributed by atoms with van der Waals surface area (Å²) in [6.07, 6.45) is 0.339. The molecule has 0 aliphatic carbocycles. The Hall–Kier alpha value is -3.72. The number of rotatable bonds is 10. The summed E-state index contributed by atoms with van der Waals surface area (Å²) in [5.41, 5.74) is 1.30. The second-order valence-corrected chi connectivity index (χ2v) is 7.40. The summed E-state index contributed by atoms with van der Waals surface area (Å²) in [5.74, 6) is -1.31. The molecule has 9 nitrogen and oxygen atoms in total. The minimum atomic E-state index is -0.923. The van der Waals surface area contributed by atoms with Crippen molar-refractivity contribution < 1.29 is 28.7 Å². The van der Waals surface area contributed by atoms with E-state index in [1.165, 1.54) is 4.90 Å². The van der Waals surface area contributed by atoms with Crippen LogP contribution in [-0.2, 0) is 19.1 Å². The molecule has 174 valence electrons. The molecular formula is C24H27N3O6. The number of hydrogen-bond donors (Lipinski definition) is 1. The van der Waals surface area contributed by atoms with Crippen molar-refractivity contribution in [3.8, 4) is 0 Å². The van der Waals surface area contributed by atoms with Crippen LogP contribution in [0.5, 0.6) is 0 Å². The van der Waals surface area contributed by atoms with Crippen molar-refractivity contribution in [3.05, 3.63) is 60.2 Å². The molecule has 1 fully saturated rings. The van der Waals surface area contributed by atoms with Gasteiger partial charge in [-0.3, -0.25) is 9.59 Å². The van der Waals surface area contributed by atoms with Gasteiger partial charge in [0.25, 0.3) is 5.91 Å². The molecule has 1 atom stereocenters. The van der Waals surface area contributed by atoms with E-state index in [0.717, 1.165) is 4.90 Å². The van der Waals surface area contributed by atoms with Crippen molar-refractivity contribution in [2.75, 3.05) is 37.1 Å². The highest BCUT2D eigenvalue weighted by Gasteiger charge is 2.46. The van der Waals surface area contributed by atoms with Gasteiger partial charge in [-0.2, -0.15) is 0 Å². The highest BCUT2D eigenvalue weighted by Crippen LogP contribution is 2.27. The molecule has 0 bridgehead atoms. The van der Waals surface area contributed by atoms with Crippen molar-refractivity contribution in [1.29, 1.82) is 0 Å². The lowest BCUT2D eigenvalue weighted by Gasteiger charge is -2.21. The Labute approximate surface area is 192 Å². The average molecular weight is 453 g/mol. The van der Waals surface area contributed by atoms with Crippen LogP contribution < -0.4 is 10.2 Å². The molecule has 1 N–H and O–H groups in total. The van der Waals surface area contributed by atoms with Gasteiger partial charge < -0.3 is 19.7 Å². The molecule has 2 aromatic rings. The lowest BCUT2D eigenvalue weighted by Crippen LogP contribution is -2.38. The highest BCUT2D eigenvalue weighted by molar-refractivity contribution is 6.22. The van der Waals surface area contributed by atoms with Gasteiger partial charge >= 0.3 is 12.0 Å². The summed E-state index contributed by atoms with van der Waals surface area (Å²) in [5, 5.41) is 2.72. The predicted molar refractivity (Wildman–Crippen MR) is 122 cm³/mol. The second kappa shape index (κ2) is 11.2. The van der Waals surface area contributed by atoms with Gasteiger partial charge in [0.2, 0.25) is 5.91 Å². The minimum Gasteiger partial charge on any atom is -0.462 e. The maximum Gasteiger partial charge on any atom is 0.338 e. The number of carbonyl (C=O) groups is 4. The molecule has 1 aliphatic heterocycles. The molecule has 0 spiro atoms. The Balaban J connectivity index is 1.72. The largest absolute Gasteiger partial charge is 0.462 e. The standard InChI is InChI=1S/C24H27N3O6/c1-3-33-23(30)17-10-12-18(13-11-17)25-21(28)16-20-22(29)27(19-8-5-4-6-9-19)24(31)26(20)14-7-15-32-2/h4-6,8-13,20H,3,7,14-16H2,1-2H3,(H,25,28)/t20-/m1/s1. The third kappa shape index (κ3) is 5.75. The number of imide groups is 1. The molecule has 1 heterocycles. The van der Waals surface area contributed by atoms with E-state index < -0.39 is 29.9 Å². The summed E-state index contributed by atoms with van der Waals surface area (Å²) >= 11 is 0. The van der Waals surface area contributed by atoms with Crippen LogP contribution in [0.25, 0.3) is 0 Å². The van der Waals surface area contributed by atoms with Crippen LogP contribution >= 0.6 is 0 Å². The zero-order valence-electron chi connectivity index (χ0n) is 18.7. The SMILES string of the molecule is CCOC(=O)c1ccc(NC(=O)C[C@@H]2C(=O)N(c3ccccc3)C(=O)N2CCCOC)cc1. The smallest absolute Gasteiger partial charge is 0.338 e. The zero-order valence-corrected chi connectivity index (χ0v) is 18.7. The number of urea groups is 1. The average Bonchev–Trinajstić information content (AvgIpc) is 3.04. The summed E-state index contributed by atoms with van der Waals surface area (Å²) in [6, 6.07) is 13.5. The highest BCUT2D eigenvalue weighted by atomic mass is 16.5. The van der Waals surface area contributed by atoms with Gasteiger partial charge in [-0.1, -0.05) is 18.2 Å². The van der Waals surface area contributed by atoms with Gasteiger partial charge in [0, 0.05) is 25.9 Å². The van der Waals surface area contributed by atoms with Crippen molar-refractivity contribution in [2.24, 2.45) is 0 Å². The van der Waals surface area contributed by atoms with E-state index in [1.807, 2.05) is 0 Å². The van der Waals surface area contributed by atoms with Crippen LogP contribution in [0.1, 0.15) is 30.1 Å². The molecule has 1 aliphatic rings. The number of para-hydroxylation sites is 1. The Morgan fingerprint density at radius 1 is 1.03 bits per heavy atom. The molecule has 3 rings (SSSR count). The number of esters is 1. The first-order chi connectivity index (χ1) is 16.0. The van der Waals surface area contributed by atoms with Gasteiger partial charge in [0.15, 0.2) is 0 Å². The van der Waals surface area contributed by atoms with E-state index in [2.05, 4.69) is 5.32 Å². The molecule has 4 amide bonds. The third-order valence-corrected chi connectivity index (χ3v) is 5.14. The summed E-state index contributed by atoms with van der Waals surface area (Å²) in [4.78, 5) is 53.2. The van der Waals surface area contributed by atoms with E-state index in [-0.39, 0.29) is 19.6 Å². The number of benzene rings is 2. The number of nitrogens with zero attached hydrogens (tertiary/aromatic N) is 2. The van der Waals surface area contributed by atoms with Gasteiger partial charge in [0.1, 0.15) is 6.04 Å². The van der Waals surface area contributed by atoms with Crippen LogP contribution in [0.3, 0.4) is 0 Å². The molecule has 2 aromatic carbocycles. The predicted octanol–water partition coefficient (Wildman–Crippen LogP) is 3.07. The molecule has 0 unspecified atom stereocenters. The first kappa shape index (κ1) is 23.9. The van der Waals surface area contributed by atoms with Crippen LogP contribution in [0.15, 0.2) is 54.6 Å². The van der Waals surface area contributed by atoms with Crippen LogP contribution in [-0.4, -0.2) is 61.6 Å². The van der Waals surface area contributed by atoms with Crippen molar-refractivity contribution in [2.45, 2.75) is 25.8 Å². The lowest BCUT2D eigenvalue weighted by atomic mass is 10.1. The quantitative estimate of drug-likeness (QED) is 0.337. The van der Waals surface area contributed by atoms with Crippen LogP contribution in [0.4, 0.5) is 16.2 Å². The Kier molecular flexibility index (Phi) is 8.15. The lowest BCUT2D eigenvalue weighted by molar-refractivity contribution is -0.124. The van der Waals surface area contributed by atoms with Gasteiger partial charge in [-0.05, 0) is 49.7 Å². The third-order valence-electron chi connectivity index (χ3n) is 5.14. The van der Waals surface area contributed by atoms with Gasteiger partial charge in [0.05, 0.1) is 24.3 Å². The summed E-state index contributed by atoms with van der Waals surface area (Å²) in [6.45, 7) is 2.70. The number of nitrogens with one attached hydrogen (secondary N) is 1. The molecule has 1 saturated heterocycles. The number of ether oxygens (including phenoxy) is 2. The topological polar surface area (TPSA) is 105 Å². The van der Waals surface area contributed by atoms with Crippen molar-refractivity contribution in [3.63, 3.8) is 0 Å². The van der Waals surface area contributed by atoms with Crippen LogP contribution in [0, 0.1) is 0 Å². The number of amides is 4. The van der Waals surface area contributed by atoms with Crippen molar-refractivity contribution in [1.82, 2.24) is 4.90 Å². The normalized spacial score (nSPS) is 15.6. The monoisotopic (exact) mass is 453 g/mol. The van der Waals surface area contributed by atoms with E-state index in [0.29, 0.717) is 30.0 Å². The molecule has 33 heavy (non-hydrogen) atoms. The molecular weight excluding hydrogens is 426 g/mol. The number of hydrogen-bond acceptors (Lipinski definition) is 6. The first-order valence-corrected chi connectivity index (χ1v) is 10.7. The minimum absolute atomic E-state index is 0.194. The number of anilines is 2. The van der Waals surface area contributed by atoms with Gasteiger partial charge in [-0.25, -0.2) is 14.5 Å². The van der Waals surface area contributed by atoms with Gasteiger partial charge in [-0.15, -0.1) is 0 Å². The molecule has 0 aromatic heterocycles. The number of carbonyl (C=O) groups excluding carboxylic acids is 4. The first-order valence-electron chi connectivity index (χ1n) is 10.7. The van der Waals surface area contributed by atoms with E-state index in [4.69, 9.17) is 9.47 Å². The Morgan fingerprint density at radius 3 is 2.36 bits per heavy atom. The second-order valence-electron chi connectivity index (χ2n) is 7.40. The maximum atomic E-state index is 13.1. The van der Waals surface area contributed by atoms with E-state index >= 15 is 0 Å². The maximum absolute atomic E-state index is 13.1. The molecule has 9 heteroatoms. The Morgan fingerprint density at radius 2 is 1.73 bits per heavy atom. The molecule has 0 radical (unpaired) electrons. The summed E-state index contributed by atoms with van der Waals surface area (Å²) < 4.78 is 10.0. The number of methoxy groups -OCH3 is 1. The van der Waals surface area contributed by atoms with E-state index in [9.17, 15) is 19.2 Å².